The van der Waals surface area contributed by atoms with Crippen molar-refractivity contribution in [3.63, 3.8) is 0 Å². The van der Waals surface area contributed by atoms with Gasteiger partial charge < -0.3 is 20.9 Å². The summed E-state index contributed by atoms with van der Waals surface area (Å²) in [4.78, 5) is 45.6. The maximum absolute atomic E-state index is 14.5. The Morgan fingerprint density at radius 3 is 1.70 bits per heavy atom. The highest BCUT2D eigenvalue weighted by atomic mass is 16.2. The second-order valence-corrected chi connectivity index (χ2v) is 12.7. The zero-order chi connectivity index (χ0) is 30.5. The van der Waals surface area contributed by atoms with E-state index in [2.05, 4.69) is 41.7 Å². The SMILES string of the molecule is N[C@@H]1CCCC[C@@H]1NC(=O)[C@H]1CCCN1C(=O)[C@@H]1CCCN1C(=O)CC(c1ccccc1)(c1ccccc1)c1ccccc1. The summed E-state index contributed by atoms with van der Waals surface area (Å²) in [7, 11) is 0. The van der Waals surface area contributed by atoms with E-state index in [4.69, 9.17) is 5.73 Å². The van der Waals surface area contributed by atoms with Crippen LogP contribution >= 0.6 is 0 Å². The van der Waals surface area contributed by atoms with Gasteiger partial charge in [-0.1, -0.05) is 104 Å². The molecule has 3 aromatic rings. The molecule has 2 aliphatic heterocycles. The number of benzene rings is 3. The van der Waals surface area contributed by atoms with Crippen molar-refractivity contribution in [2.45, 2.75) is 87.4 Å². The Bertz CT molecular complexity index is 1330. The zero-order valence-electron chi connectivity index (χ0n) is 25.4. The van der Waals surface area contributed by atoms with Gasteiger partial charge in [0.05, 0.1) is 5.41 Å². The maximum atomic E-state index is 14.5. The summed E-state index contributed by atoms with van der Waals surface area (Å²) in [6.45, 7) is 1.07. The second-order valence-electron chi connectivity index (χ2n) is 12.7. The molecular formula is C37H44N4O3. The summed E-state index contributed by atoms with van der Waals surface area (Å²) >= 11 is 0. The topological polar surface area (TPSA) is 95.7 Å². The molecule has 3 amide bonds. The molecule has 7 heteroatoms. The summed E-state index contributed by atoms with van der Waals surface area (Å²) in [5.74, 6) is -0.262. The van der Waals surface area contributed by atoms with Crippen LogP contribution in [0.4, 0.5) is 0 Å². The monoisotopic (exact) mass is 592 g/mol. The third-order valence-corrected chi connectivity index (χ3v) is 10.1. The van der Waals surface area contributed by atoms with Gasteiger partial charge in [-0.05, 0) is 55.2 Å². The van der Waals surface area contributed by atoms with Crippen molar-refractivity contribution in [1.29, 1.82) is 0 Å². The normalized spacial score (nSPS) is 23.8. The Balaban J connectivity index is 1.26. The van der Waals surface area contributed by atoms with E-state index in [0.717, 1.165) is 55.2 Å². The largest absolute Gasteiger partial charge is 0.350 e. The van der Waals surface area contributed by atoms with Crippen LogP contribution in [0, 0.1) is 0 Å². The Labute approximate surface area is 260 Å². The van der Waals surface area contributed by atoms with E-state index < -0.39 is 17.5 Å². The van der Waals surface area contributed by atoms with Crippen LogP contribution in [0.25, 0.3) is 0 Å². The van der Waals surface area contributed by atoms with Crippen LogP contribution in [0.5, 0.6) is 0 Å². The summed E-state index contributed by atoms with van der Waals surface area (Å²) < 4.78 is 0. The molecule has 3 N–H and O–H groups in total. The summed E-state index contributed by atoms with van der Waals surface area (Å²) in [5.41, 5.74) is 8.68. The molecule has 3 aromatic carbocycles. The van der Waals surface area contributed by atoms with E-state index in [1.807, 2.05) is 54.6 Å². The van der Waals surface area contributed by atoms with Crippen molar-refractivity contribution in [1.82, 2.24) is 15.1 Å². The minimum absolute atomic E-state index is 0.0413. The van der Waals surface area contributed by atoms with E-state index in [-0.39, 0.29) is 36.2 Å². The van der Waals surface area contributed by atoms with E-state index in [1.54, 1.807) is 9.80 Å². The van der Waals surface area contributed by atoms with E-state index in [1.165, 1.54) is 0 Å². The number of rotatable bonds is 8. The lowest BCUT2D eigenvalue weighted by molar-refractivity contribution is -0.147. The Morgan fingerprint density at radius 1 is 0.659 bits per heavy atom. The molecule has 0 bridgehead atoms. The highest BCUT2D eigenvalue weighted by Crippen LogP contribution is 2.43. The van der Waals surface area contributed by atoms with E-state index >= 15 is 0 Å². The van der Waals surface area contributed by atoms with Crippen LogP contribution in [0.1, 0.15) is 74.5 Å². The van der Waals surface area contributed by atoms with Gasteiger partial charge in [-0.3, -0.25) is 14.4 Å². The first-order valence-electron chi connectivity index (χ1n) is 16.3. The molecule has 3 aliphatic rings. The van der Waals surface area contributed by atoms with Crippen LogP contribution in [-0.2, 0) is 19.8 Å². The quantitative estimate of drug-likeness (QED) is 0.368. The first-order chi connectivity index (χ1) is 21.5. The second kappa shape index (κ2) is 13.3. The summed E-state index contributed by atoms with van der Waals surface area (Å²) in [6.07, 6.45) is 6.92. The predicted octanol–water partition coefficient (Wildman–Crippen LogP) is 4.78. The van der Waals surface area contributed by atoms with Crippen LogP contribution in [-0.4, -0.2) is 64.8 Å². The van der Waals surface area contributed by atoms with Crippen LogP contribution in [0.2, 0.25) is 0 Å². The van der Waals surface area contributed by atoms with Gasteiger partial charge >= 0.3 is 0 Å². The van der Waals surface area contributed by atoms with Gasteiger partial charge in [-0.2, -0.15) is 0 Å². The lowest BCUT2D eigenvalue weighted by Crippen LogP contribution is -2.57. The fourth-order valence-corrected chi connectivity index (χ4v) is 7.74. The van der Waals surface area contributed by atoms with Gasteiger partial charge in [0.25, 0.3) is 0 Å². The molecule has 0 aromatic heterocycles. The van der Waals surface area contributed by atoms with E-state index in [0.29, 0.717) is 25.9 Å². The molecule has 3 fully saturated rings. The number of hydrogen-bond acceptors (Lipinski definition) is 4. The minimum Gasteiger partial charge on any atom is -0.350 e. The molecule has 0 spiro atoms. The molecule has 2 saturated heterocycles. The smallest absolute Gasteiger partial charge is 0.246 e. The molecule has 4 atom stereocenters. The molecule has 230 valence electrons. The number of hydrogen-bond donors (Lipinski definition) is 2. The van der Waals surface area contributed by atoms with E-state index in [9.17, 15) is 14.4 Å². The average Bonchev–Trinajstić information content (AvgIpc) is 3.77. The van der Waals surface area contributed by atoms with Crippen molar-refractivity contribution in [3.05, 3.63) is 108 Å². The number of nitrogens with one attached hydrogen (secondary N) is 1. The van der Waals surface area contributed by atoms with Crippen molar-refractivity contribution < 1.29 is 14.4 Å². The van der Waals surface area contributed by atoms with Gasteiger partial charge in [0.2, 0.25) is 17.7 Å². The molecule has 1 aliphatic carbocycles. The molecule has 7 nitrogen and oxygen atoms in total. The maximum Gasteiger partial charge on any atom is 0.246 e. The lowest BCUT2D eigenvalue weighted by atomic mass is 9.67. The van der Waals surface area contributed by atoms with Gasteiger partial charge in [0.15, 0.2) is 0 Å². The minimum atomic E-state index is -0.730. The first kappa shape index (κ1) is 30.1. The number of amides is 3. The van der Waals surface area contributed by atoms with Crippen molar-refractivity contribution in [2.24, 2.45) is 5.73 Å². The van der Waals surface area contributed by atoms with Gasteiger partial charge in [-0.15, -0.1) is 0 Å². The molecule has 0 radical (unpaired) electrons. The highest BCUT2D eigenvalue weighted by Gasteiger charge is 2.45. The fourth-order valence-electron chi connectivity index (χ4n) is 7.74. The molecule has 1 saturated carbocycles. The number of carbonyl (C=O) groups is 3. The molecule has 2 heterocycles. The number of nitrogens with two attached hydrogens (primary N) is 1. The molecule has 0 unspecified atom stereocenters. The Morgan fingerprint density at radius 2 is 1.16 bits per heavy atom. The zero-order valence-corrected chi connectivity index (χ0v) is 25.4. The van der Waals surface area contributed by atoms with Crippen molar-refractivity contribution in [2.75, 3.05) is 13.1 Å². The number of likely N-dealkylation sites (tertiary alicyclic amines) is 2. The Kier molecular flexibility index (Phi) is 9.12. The summed E-state index contributed by atoms with van der Waals surface area (Å²) in [6, 6.07) is 29.4. The predicted molar refractivity (Wildman–Crippen MR) is 172 cm³/mol. The van der Waals surface area contributed by atoms with Gasteiger partial charge in [-0.25, -0.2) is 0 Å². The van der Waals surface area contributed by atoms with Gasteiger partial charge in [0, 0.05) is 31.6 Å². The fraction of sp³-hybridized carbons (Fsp3) is 0.432. The number of carbonyl (C=O) groups excluding carboxylic acids is 3. The average molecular weight is 593 g/mol. The molecule has 6 rings (SSSR count). The van der Waals surface area contributed by atoms with Crippen LogP contribution in [0.15, 0.2) is 91.0 Å². The Hall–Kier alpha value is -3.97. The van der Waals surface area contributed by atoms with Crippen LogP contribution in [0.3, 0.4) is 0 Å². The van der Waals surface area contributed by atoms with Crippen molar-refractivity contribution in [3.8, 4) is 0 Å². The third-order valence-electron chi connectivity index (χ3n) is 10.1. The van der Waals surface area contributed by atoms with Gasteiger partial charge in [0.1, 0.15) is 12.1 Å². The van der Waals surface area contributed by atoms with Crippen LogP contribution < -0.4 is 11.1 Å². The standard InChI is InChI=1S/C37H44N4O3/c38-30-20-10-11-21-31(30)39-35(43)32-22-12-25-41(32)36(44)33-23-13-24-40(33)34(42)26-37(27-14-4-1-5-15-27,28-16-6-2-7-17-28)29-18-8-3-9-19-29/h1-9,14-19,30-33H,10-13,20-26,38H2,(H,39,43)/t30-,31+,32-,33+/m1/s1. The summed E-state index contributed by atoms with van der Waals surface area (Å²) in [5, 5.41) is 3.17. The molecular weight excluding hydrogens is 548 g/mol. The highest BCUT2D eigenvalue weighted by molar-refractivity contribution is 5.93. The first-order valence-corrected chi connectivity index (χ1v) is 16.3. The lowest BCUT2D eigenvalue weighted by Gasteiger charge is -2.38. The number of nitrogens with zero attached hydrogens (tertiary/aromatic N) is 2. The molecule has 44 heavy (non-hydrogen) atoms. The third kappa shape index (κ3) is 5.90. The van der Waals surface area contributed by atoms with Crippen molar-refractivity contribution >= 4 is 17.7 Å².